The number of nitrogens with one attached hydrogen (secondary N) is 2. The molecular weight excluding hydrogens is 329 g/mol. The Morgan fingerprint density at radius 1 is 1.18 bits per heavy atom. The first kappa shape index (κ1) is 16.1. The van der Waals surface area contributed by atoms with Gasteiger partial charge in [-0.05, 0) is 37.3 Å². The highest BCUT2D eigenvalue weighted by atomic mass is 35.5. The fourth-order valence-corrected chi connectivity index (χ4v) is 1.84. The predicted octanol–water partition coefficient (Wildman–Crippen LogP) is 2.98. The minimum Gasteiger partial charge on any atom is -0.460 e. The van der Waals surface area contributed by atoms with Crippen molar-refractivity contribution < 1.29 is 14.0 Å². The maximum absolute atomic E-state index is 11.7. The highest BCUT2D eigenvalue weighted by molar-refractivity contribution is 6.42. The molecular formula is C14H11Cl2N3O3. The van der Waals surface area contributed by atoms with Gasteiger partial charge < -0.3 is 9.73 Å². The Hall–Kier alpha value is -2.31. The van der Waals surface area contributed by atoms with Crippen molar-refractivity contribution in [1.82, 2.24) is 5.43 Å². The van der Waals surface area contributed by atoms with E-state index < -0.39 is 11.8 Å². The smallest absolute Gasteiger partial charge is 0.329 e. The summed E-state index contributed by atoms with van der Waals surface area (Å²) in [5.41, 5.74) is 2.31. The molecule has 0 bridgehead atoms. The van der Waals surface area contributed by atoms with Crippen LogP contribution in [0.15, 0.2) is 39.9 Å². The van der Waals surface area contributed by atoms with Gasteiger partial charge in [-0.1, -0.05) is 23.2 Å². The zero-order valence-electron chi connectivity index (χ0n) is 11.4. The molecule has 8 heteroatoms. The zero-order chi connectivity index (χ0) is 16.1. The lowest BCUT2D eigenvalue weighted by atomic mass is 10.3. The number of anilines is 1. The van der Waals surface area contributed by atoms with E-state index in [4.69, 9.17) is 27.6 Å². The zero-order valence-corrected chi connectivity index (χ0v) is 12.9. The number of carbonyl (C=O) groups is 2. The first-order valence-corrected chi connectivity index (χ1v) is 6.87. The Kier molecular flexibility index (Phi) is 5.19. The van der Waals surface area contributed by atoms with Crippen molar-refractivity contribution in [3.8, 4) is 0 Å². The fraction of sp³-hybridized carbons (Fsp3) is 0.0714. The monoisotopic (exact) mass is 339 g/mol. The van der Waals surface area contributed by atoms with Gasteiger partial charge in [-0.15, -0.1) is 0 Å². The Morgan fingerprint density at radius 3 is 2.64 bits per heavy atom. The number of carbonyl (C=O) groups excluding carboxylic acids is 2. The SMILES string of the molecule is Cc1ccc(C=NNC(=O)C(=O)Nc2cc(Cl)ccc2Cl)o1. The summed E-state index contributed by atoms with van der Waals surface area (Å²) in [6, 6.07) is 7.93. The first-order valence-electron chi connectivity index (χ1n) is 6.11. The standard InChI is InChI=1S/C14H11Cl2N3O3/c1-8-2-4-10(22-8)7-17-19-14(21)13(20)18-12-6-9(15)3-5-11(12)16/h2-7H,1H3,(H,18,20)(H,19,21). The number of hydrogen-bond acceptors (Lipinski definition) is 4. The Balaban J connectivity index is 1.93. The Labute approximate surface area is 136 Å². The van der Waals surface area contributed by atoms with Crippen LogP contribution < -0.4 is 10.7 Å². The summed E-state index contributed by atoms with van der Waals surface area (Å²) >= 11 is 11.7. The summed E-state index contributed by atoms with van der Waals surface area (Å²) in [7, 11) is 0. The fourth-order valence-electron chi connectivity index (χ4n) is 1.50. The highest BCUT2D eigenvalue weighted by Crippen LogP contribution is 2.25. The molecule has 2 aromatic rings. The van der Waals surface area contributed by atoms with Crippen LogP contribution in [0.1, 0.15) is 11.5 Å². The minimum absolute atomic E-state index is 0.236. The molecule has 0 unspecified atom stereocenters. The average molecular weight is 340 g/mol. The third kappa shape index (κ3) is 4.34. The maximum Gasteiger partial charge on any atom is 0.329 e. The van der Waals surface area contributed by atoms with Crippen molar-refractivity contribution in [3.05, 3.63) is 51.9 Å². The van der Waals surface area contributed by atoms with Gasteiger partial charge in [0.25, 0.3) is 0 Å². The van der Waals surface area contributed by atoms with E-state index in [1.54, 1.807) is 25.1 Å². The summed E-state index contributed by atoms with van der Waals surface area (Å²) in [5.74, 6) is -0.704. The van der Waals surface area contributed by atoms with Gasteiger partial charge in [-0.25, -0.2) is 5.43 Å². The molecule has 2 rings (SSSR count). The number of nitrogens with zero attached hydrogens (tertiary/aromatic N) is 1. The first-order chi connectivity index (χ1) is 10.5. The van der Waals surface area contributed by atoms with Crippen molar-refractivity contribution in [2.45, 2.75) is 6.92 Å². The lowest BCUT2D eigenvalue weighted by Crippen LogP contribution is -2.32. The number of furan rings is 1. The van der Waals surface area contributed by atoms with E-state index in [1.807, 2.05) is 0 Å². The quantitative estimate of drug-likeness (QED) is 0.512. The van der Waals surface area contributed by atoms with E-state index in [0.29, 0.717) is 16.5 Å². The molecule has 1 heterocycles. The molecule has 0 atom stereocenters. The van der Waals surface area contributed by atoms with Gasteiger partial charge in [-0.3, -0.25) is 9.59 Å². The minimum atomic E-state index is -0.949. The van der Waals surface area contributed by atoms with E-state index in [0.717, 1.165) is 0 Å². The number of amides is 2. The lowest BCUT2D eigenvalue weighted by Gasteiger charge is -2.06. The number of hydrazone groups is 1. The Bertz CT molecular complexity index is 741. The molecule has 0 aliphatic carbocycles. The third-order valence-corrected chi connectivity index (χ3v) is 3.07. The van der Waals surface area contributed by atoms with Gasteiger partial charge in [-0.2, -0.15) is 5.10 Å². The molecule has 0 spiro atoms. The molecule has 6 nitrogen and oxygen atoms in total. The molecule has 2 N–H and O–H groups in total. The number of hydrogen-bond donors (Lipinski definition) is 2. The second-order valence-corrected chi connectivity index (χ2v) is 5.07. The van der Waals surface area contributed by atoms with Crippen molar-refractivity contribution in [2.75, 3.05) is 5.32 Å². The molecule has 22 heavy (non-hydrogen) atoms. The van der Waals surface area contributed by atoms with Crippen molar-refractivity contribution >= 4 is 46.9 Å². The Morgan fingerprint density at radius 2 is 1.95 bits per heavy atom. The molecule has 2 amide bonds. The van der Waals surface area contributed by atoms with Crippen LogP contribution in [0.25, 0.3) is 0 Å². The van der Waals surface area contributed by atoms with Crippen LogP contribution in [0.4, 0.5) is 5.69 Å². The van der Waals surface area contributed by atoms with E-state index in [-0.39, 0.29) is 10.7 Å². The lowest BCUT2D eigenvalue weighted by molar-refractivity contribution is -0.136. The van der Waals surface area contributed by atoms with E-state index in [2.05, 4.69) is 15.8 Å². The van der Waals surface area contributed by atoms with Crippen LogP contribution in [-0.2, 0) is 9.59 Å². The van der Waals surface area contributed by atoms with Gasteiger partial charge in [0.15, 0.2) is 0 Å². The third-order valence-electron chi connectivity index (χ3n) is 2.50. The molecule has 0 aliphatic rings. The summed E-state index contributed by atoms with van der Waals surface area (Å²) in [4.78, 5) is 23.3. The number of halogens is 2. The molecule has 0 fully saturated rings. The highest BCUT2D eigenvalue weighted by Gasteiger charge is 2.14. The van der Waals surface area contributed by atoms with Gasteiger partial charge >= 0.3 is 11.8 Å². The molecule has 0 saturated carbocycles. The average Bonchev–Trinajstić information content (AvgIpc) is 2.88. The van der Waals surface area contributed by atoms with Gasteiger partial charge in [0, 0.05) is 5.02 Å². The summed E-state index contributed by atoms with van der Waals surface area (Å²) in [5, 5.41) is 6.60. The number of rotatable bonds is 3. The summed E-state index contributed by atoms with van der Waals surface area (Å²) < 4.78 is 5.22. The molecule has 1 aromatic carbocycles. The van der Waals surface area contributed by atoms with Crippen molar-refractivity contribution in [1.29, 1.82) is 0 Å². The molecule has 114 valence electrons. The van der Waals surface area contributed by atoms with E-state index in [9.17, 15) is 9.59 Å². The van der Waals surface area contributed by atoms with Gasteiger partial charge in [0.1, 0.15) is 11.5 Å². The van der Waals surface area contributed by atoms with E-state index >= 15 is 0 Å². The normalized spacial score (nSPS) is 10.7. The van der Waals surface area contributed by atoms with Crippen LogP contribution in [0.5, 0.6) is 0 Å². The summed E-state index contributed by atoms with van der Waals surface area (Å²) in [6.45, 7) is 1.78. The summed E-state index contributed by atoms with van der Waals surface area (Å²) in [6.07, 6.45) is 1.28. The molecule has 0 saturated heterocycles. The number of benzene rings is 1. The largest absolute Gasteiger partial charge is 0.460 e. The van der Waals surface area contributed by atoms with Crippen molar-refractivity contribution in [3.63, 3.8) is 0 Å². The van der Waals surface area contributed by atoms with Crippen LogP contribution >= 0.6 is 23.2 Å². The molecule has 0 aliphatic heterocycles. The number of aryl methyl sites for hydroxylation is 1. The van der Waals surface area contributed by atoms with Gasteiger partial charge in [0.05, 0.1) is 16.9 Å². The second-order valence-electron chi connectivity index (χ2n) is 4.23. The van der Waals surface area contributed by atoms with Gasteiger partial charge in [0.2, 0.25) is 0 Å². The van der Waals surface area contributed by atoms with Crippen LogP contribution in [0, 0.1) is 6.92 Å². The van der Waals surface area contributed by atoms with Crippen molar-refractivity contribution in [2.24, 2.45) is 5.10 Å². The maximum atomic E-state index is 11.7. The topological polar surface area (TPSA) is 83.7 Å². The predicted molar refractivity (Wildman–Crippen MR) is 84.3 cm³/mol. The van der Waals surface area contributed by atoms with Crippen LogP contribution in [-0.4, -0.2) is 18.0 Å². The second kappa shape index (κ2) is 7.11. The molecule has 0 radical (unpaired) electrons. The van der Waals surface area contributed by atoms with Crippen LogP contribution in [0.3, 0.4) is 0 Å². The van der Waals surface area contributed by atoms with E-state index in [1.165, 1.54) is 18.3 Å². The molecule has 1 aromatic heterocycles. The van der Waals surface area contributed by atoms with Crippen LogP contribution in [0.2, 0.25) is 10.0 Å².